The van der Waals surface area contributed by atoms with E-state index >= 15 is 0 Å². The largest absolute Gasteiger partial charge is 0.484 e. The van der Waals surface area contributed by atoms with Crippen molar-refractivity contribution in [1.29, 1.82) is 0 Å². The maximum atomic E-state index is 13.0. The molecule has 0 saturated carbocycles. The first-order valence-corrected chi connectivity index (χ1v) is 17.0. The molecule has 16 heteroatoms. The summed E-state index contributed by atoms with van der Waals surface area (Å²) in [6.07, 6.45) is -6.12. The van der Waals surface area contributed by atoms with Gasteiger partial charge < -0.3 is 29.0 Å². The number of pyridine rings is 1. The fourth-order valence-corrected chi connectivity index (χ4v) is 5.64. The Morgan fingerprint density at radius 1 is 0.764 bits per heavy atom. The number of benzene rings is 3. The van der Waals surface area contributed by atoms with Crippen molar-refractivity contribution in [3.05, 3.63) is 117 Å². The van der Waals surface area contributed by atoms with Gasteiger partial charge in [0.15, 0.2) is 52.7 Å². The van der Waals surface area contributed by atoms with Crippen molar-refractivity contribution < 1.29 is 56.4 Å². The Balaban J connectivity index is 0.000000211. The number of Topliss-reactive ketones (excluding diaryl/α,β-unsaturated/α-hetero) is 4. The Morgan fingerprint density at radius 2 is 1.38 bits per heavy atom. The quantitative estimate of drug-likeness (QED) is 0.116. The van der Waals surface area contributed by atoms with Crippen LogP contribution in [0.4, 0.5) is 13.2 Å². The van der Waals surface area contributed by atoms with Crippen LogP contribution in [-0.4, -0.2) is 78.0 Å². The lowest BCUT2D eigenvalue weighted by atomic mass is 9.97. The topological polar surface area (TPSA) is 171 Å². The Kier molecular flexibility index (Phi) is 13.1. The van der Waals surface area contributed by atoms with Gasteiger partial charge in [-0.05, 0) is 73.4 Å². The van der Waals surface area contributed by atoms with Crippen LogP contribution in [0.1, 0.15) is 78.4 Å². The number of carbonyl (C=O) groups is 4. The Labute approximate surface area is 313 Å². The minimum Gasteiger partial charge on any atom is -0.484 e. The van der Waals surface area contributed by atoms with Crippen molar-refractivity contribution in [2.45, 2.75) is 50.9 Å². The number of aliphatic hydroxyl groups is 1. The lowest BCUT2D eigenvalue weighted by Gasteiger charge is -2.22. The first-order valence-electron chi connectivity index (χ1n) is 17.0. The molecular weight excluding hydrogens is 727 g/mol. The number of rotatable bonds is 13. The molecule has 55 heavy (non-hydrogen) atoms. The summed E-state index contributed by atoms with van der Waals surface area (Å²) >= 11 is 0. The van der Waals surface area contributed by atoms with Gasteiger partial charge in [0.2, 0.25) is 6.29 Å². The average Bonchev–Trinajstić information content (AvgIpc) is 3.18. The molecule has 2 aliphatic rings. The SMILES string of the molecule is CN(C)Cc1ccccc1C(=O)CCC(=O)c1ccc2c(c1)OC(N=O)CO2.O=C(CCC(=O)c1ncccc1C(F)(F)F)c1ccc2c(c1)OCC(O)O2. The van der Waals surface area contributed by atoms with E-state index in [0.717, 1.165) is 23.9 Å². The summed E-state index contributed by atoms with van der Waals surface area (Å²) in [5.74, 6) is -0.234. The molecule has 0 fully saturated rings. The summed E-state index contributed by atoms with van der Waals surface area (Å²) in [6, 6.07) is 18.4. The number of hydrogen-bond acceptors (Lipinski definition) is 13. The minimum atomic E-state index is -4.70. The third-order valence-corrected chi connectivity index (χ3v) is 8.28. The number of carbonyl (C=O) groups excluding carboxylic acids is 4. The van der Waals surface area contributed by atoms with Crippen LogP contribution in [0.15, 0.2) is 84.2 Å². The summed E-state index contributed by atoms with van der Waals surface area (Å²) in [4.78, 5) is 65.7. The highest BCUT2D eigenvalue weighted by Gasteiger charge is 2.36. The van der Waals surface area contributed by atoms with Gasteiger partial charge in [0.25, 0.3) is 6.23 Å². The normalized spacial score (nSPS) is 15.7. The van der Waals surface area contributed by atoms with Crippen LogP contribution in [0.5, 0.6) is 23.0 Å². The van der Waals surface area contributed by atoms with Crippen LogP contribution in [0.25, 0.3) is 0 Å². The van der Waals surface area contributed by atoms with Gasteiger partial charge in [-0.15, -0.1) is 4.91 Å². The number of aliphatic hydroxyl groups excluding tert-OH is 1. The van der Waals surface area contributed by atoms with E-state index in [1.807, 2.05) is 37.2 Å². The summed E-state index contributed by atoms with van der Waals surface area (Å²) in [5, 5.41) is 12.1. The molecule has 2 aliphatic heterocycles. The van der Waals surface area contributed by atoms with Crippen molar-refractivity contribution in [3.8, 4) is 23.0 Å². The van der Waals surface area contributed by atoms with E-state index in [9.17, 15) is 42.4 Å². The molecule has 0 saturated heterocycles. The highest BCUT2D eigenvalue weighted by atomic mass is 19.4. The zero-order valence-electron chi connectivity index (χ0n) is 29.7. The molecule has 1 N–H and O–H groups in total. The predicted molar refractivity (Wildman–Crippen MR) is 190 cm³/mol. The maximum Gasteiger partial charge on any atom is 0.418 e. The third kappa shape index (κ3) is 10.6. The molecule has 3 aromatic carbocycles. The van der Waals surface area contributed by atoms with Crippen LogP contribution in [0.2, 0.25) is 0 Å². The summed E-state index contributed by atoms with van der Waals surface area (Å²) < 4.78 is 60.0. The smallest absolute Gasteiger partial charge is 0.418 e. The van der Waals surface area contributed by atoms with Crippen molar-refractivity contribution in [1.82, 2.24) is 9.88 Å². The zero-order chi connectivity index (χ0) is 39.7. The molecule has 0 spiro atoms. The molecule has 288 valence electrons. The number of fused-ring (bicyclic) bond motifs is 2. The molecule has 3 heterocycles. The number of halogens is 3. The second-order valence-electron chi connectivity index (χ2n) is 12.7. The van der Waals surface area contributed by atoms with E-state index < -0.39 is 47.9 Å². The molecular formula is C39H36F3N3O10. The van der Waals surface area contributed by atoms with Crippen molar-refractivity contribution in [2.75, 3.05) is 27.3 Å². The van der Waals surface area contributed by atoms with Crippen LogP contribution in [0, 0.1) is 4.91 Å². The number of hydrogen-bond donors (Lipinski definition) is 1. The van der Waals surface area contributed by atoms with E-state index in [1.165, 1.54) is 24.3 Å². The van der Waals surface area contributed by atoms with Crippen LogP contribution in [0.3, 0.4) is 0 Å². The van der Waals surface area contributed by atoms with Gasteiger partial charge in [0, 0.05) is 55.1 Å². The number of aromatic nitrogens is 1. The molecule has 0 radical (unpaired) electrons. The summed E-state index contributed by atoms with van der Waals surface area (Å²) in [5.41, 5.74) is 0.388. The molecule has 6 rings (SSSR count). The fraction of sp³-hybridized carbons (Fsp3) is 0.308. The molecule has 0 amide bonds. The van der Waals surface area contributed by atoms with Gasteiger partial charge in [0.1, 0.15) is 12.3 Å². The predicted octanol–water partition coefficient (Wildman–Crippen LogP) is 6.49. The molecule has 13 nitrogen and oxygen atoms in total. The van der Waals surface area contributed by atoms with Crippen molar-refractivity contribution in [3.63, 3.8) is 0 Å². The Hall–Kier alpha value is -6.00. The molecule has 0 aliphatic carbocycles. The van der Waals surface area contributed by atoms with E-state index in [0.29, 0.717) is 29.2 Å². The van der Waals surface area contributed by atoms with Gasteiger partial charge in [-0.25, -0.2) is 0 Å². The second kappa shape index (κ2) is 17.9. The number of ether oxygens (including phenoxy) is 4. The van der Waals surface area contributed by atoms with Gasteiger partial charge in [-0.1, -0.05) is 24.3 Å². The Morgan fingerprint density at radius 3 is 2.05 bits per heavy atom. The zero-order valence-corrected chi connectivity index (χ0v) is 29.7. The maximum absolute atomic E-state index is 13.0. The standard InChI is InChI=1S/C21H22N2O5.C18H14F3NO5/c1-23(2)12-15-5-3-4-6-16(15)18(25)9-8-17(24)14-7-10-19-20(11-14)28-21(22-26)13-27-19;19-18(20,21)11-2-1-7-22-17(11)13(24)5-4-12(23)10-3-6-14-15(8-10)26-9-16(25)27-14/h3-7,10-11,21H,8-9,12-13H2,1-2H3;1-3,6-8,16,25H,4-5,9H2. The monoisotopic (exact) mass is 763 g/mol. The second-order valence-corrected chi connectivity index (χ2v) is 12.7. The molecule has 4 aromatic rings. The molecule has 1 aromatic heterocycles. The van der Waals surface area contributed by atoms with Crippen molar-refractivity contribution in [2.24, 2.45) is 5.18 Å². The van der Waals surface area contributed by atoms with Crippen LogP contribution in [-0.2, 0) is 12.7 Å². The first-order chi connectivity index (χ1) is 26.2. The molecule has 0 bridgehead atoms. The summed E-state index contributed by atoms with van der Waals surface area (Å²) in [6.45, 7) is 0.609. The van der Waals surface area contributed by atoms with Crippen molar-refractivity contribution >= 4 is 23.1 Å². The van der Waals surface area contributed by atoms with Crippen LogP contribution >= 0.6 is 0 Å². The van der Waals surface area contributed by atoms with Gasteiger partial charge in [-0.3, -0.25) is 24.2 Å². The first kappa shape index (κ1) is 40.2. The van der Waals surface area contributed by atoms with E-state index in [-0.39, 0.29) is 61.1 Å². The van der Waals surface area contributed by atoms with E-state index in [4.69, 9.17) is 18.9 Å². The van der Waals surface area contributed by atoms with E-state index in [2.05, 4.69) is 10.2 Å². The number of ketones is 4. The van der Waals surface area contributed by atoms with Gasteiger partial charge >= 0.3 is 6.18 Å². The summed E-state index contributed by atoms with van der Waals surface area (Å²) in [7, 11) is 3.88. The highest BCUT2D eigenvalue weighted by Crippen LogP contribution is 2.35. The highest BCUT2D eigenvalue weighted by molar-refractivity contribution is 6.03. The van der Waals surface area contributed by atoms with Gasteiger partial charge in [-0.2, -0.15) is 13.2 Å². The van der Waals surface area contributed by atoms with Crippen LogP contribution < -0.4 is 18.9 Å². The Bertz CT molecular complexity index is 2070. The molecule has 2 unspecified atom stereocenters. The fourth-order valence-electron chi connectivity index (χ4n) is 5.64. The van der Waals surface area contributed by atoms with Gasteiger partial charge in [0.05, 0.1) is 5.56 Å². The molecule has 2 atom stereocenters. The van der Waals surface area contributed by atoms with E-state index in [1.54, 1.807) is 18.2 Å². The number of nitrogens with zero attached hydrogens (tertiary/aromatic N) is 3. The lowest BCUT2D eigenvalue weighted by molar-refractivity contribution is -0.138. The third-order valence-electron chi connectivity index (χ3n) is 8.28. The number of nitroso groups, excluding NO2 is 1. The average molecular weight is 764 g/mol. The minimum absolute atomic E-state index is 0.0463. The lowest BCUT2D eigenvalue weighted by Crippen LogP contribution is -2.28. The number of alkyl halides is 3.